The van der Waals surface area contributed by atoms with Crippen LogP contribution in [0.25, 0.3) is 0 Å². The highest BCUT2D eigenvalue weighted by atomic mass is 32.2. The lowest BCUT2D eigenvalue weighted by atomic mass is 10.2. The van der Waals surface area contributed by atoms with Crippen molar-refractivity contribution in [1.29, 1.82) is 0 Å². The van der Waals surface area contributed by atoms with Gasteiger partial charge in [-0.2, -0.15) is 0 Å². The molecule has 9 heteroatoms. The summed E-state index contributed by atoms with van der Waals surface area (Å²) < 4.78 is 6.78. The van der Waals surface area contributed by atoms with Crippen molar-refractivity contribution in [2.45, 2.75) is 44.7 Å². The van der Waals surface area contributed by atoms with Crippen LogP contribution in [0.2, 0.25) is 0 Å². The van der Waals surface area contributed by atoms with Gasteiger partial charge in [0.2, 0.25) is 5.91 Å². The summed E-state index contributed by atoms with van der Waals surface area (Å²) in [6, 6.07) is 16.8. The van der Waals surface area contributed by atoms with E-state index in [1.807, 2.05) is 68.4 Å². The van der Waals surface area contributed by atoms with Gasteiger partial charge in [-0.15, -0.1) is 11.8 Å². The van der Waals surface area contributed by atoms with Crippen LogP contribution in [-0.2, 0) is 17.9 Å². The van der Waals surface area contributed by atoms with Crippen LogP contribution in [0.15, 0.2) is 69.1 Å². The van der Waals surface area contributed by atoms with Gasteiger partial charge in [-0.05, 0) is 43.2 Å². The standard InChI is InChI=1S/C25H30N4O4S/c1-3-5-15-28-23(26)22(24(31)27-25(28)32)29(16-18-9-7-6-8-10-18)21(30)17-34-20-13-11-19(12-14-20)33-4-2/h6-14H,3-5,15-17,26H2,1-2H3,(H,27,31,32). The molecule has 8 nitrogen and oxygen atoms in total. The minimum atomic E-state index is -0.675. The predicted molar refractivity (Wildman–Crippen MR) is 137 cm³/mol. The SMILES string of the molecule is CCCCn1c(N)c(N(Cc2ccccc2)C(=O)CSc2ccc(OCC)cc2)c(=O)[nH]c1=O. The van der Waals surface area contributed by atoms with Gasteiger partial charge in [0.25, 0.3) is 5.56 Å². The van der Waals surface area contributed by atoms with Crippen LogP contribution < -0.4 is 26.6 Å². The van der Waals surface area contributed by atoms with E-state index in [0.29, 0.717) is 13.2 Å². The van der Waals surface area contributed by atoms with E-state index in [9.17, 15) is 14.4 Å². The van der Waals surface area contributed by atoms with Gasteiger partial charge < -0.3 is 10.5 Å². The van der Waals surface area contributed by atoms with Gasteiger partial charge >= 0.3 is 5.69 Å². The highest BCUT2D eigenvalue weighted by Crippen LogP contribution is 2.25. The number of nitrogens with two attached hydrogens (primary N) is 1. The third-order valence-electron chi connectivity index (χ3n) is 5.20. The van der Waals surface area contributed by atoms with Gasteiger partial charge in [-0.1, -0.05) is 43.7 Å². The number of unbranched alkanes of at least 4 members (excludes halogenated alkanes) is 1. The molecular formula is C25H30N4O4S. The molecule has 0 bridgehead atoms. The van der Waals surface area contributed by atoms with Gasteiger partial charge in [0, 0.05) is 11.4 Å². The molecule has 0 saturated carbocycles. The molecule has 0 aliphatic rings. The van der Waals surface area contributed by atoms with Gasteiger partial charge in [0.05, 0.1) is 18.9 Å². The lowest BCUT2D eigenvalue weighted by Crippen LogP contribution is -2.41. The van der Waals surface area contributed by atoms with E-state index in [1.165, 1.54) is 21.2 Å². The minimum Gasteiger partial charge on any atom is -0.494 e. The van der Waals surface area contributed by atoms with E-state index < -0.39 is 11.2 Å². The Morgan fingerprint density at radius 3 is 2.44 bits per heavy atom. The number of carbonyl (C=O) groups excluding carboxylic acids is 1. The molecule has 1 aromatic heterocycles. The molecule has 3 N–H and O–H groups in total. The number of aromatic nitrogens is 2. The van der Waals surface area contributed by atoms with E-state index in [2.05, 4.69) is 4.98 Å². The number of anilines is 2. The Morgan fingerprint density at radius 1 is 1.09 bits per heavy atom. The second kappa shape index (κ2) is 12.1. The van der Waals surface area contributed by atoms with Crippen LogP contribution in [0.1, 0.15) is 32.3 Å². The summed E-state index contributed by atoms with van der Waals surface area (Å²) in [6.45, 7) is 5.01. The first kappa shape index (κ1) is 25.2. The Bertz CT molecular complexity index is 1210. The number of rotatable bonds is 11. The van der Waals surface area contributed by atoms with Crippen LogP contribution in [-0.4, -0.2) is 27.8 Å². The zero-order valence-corrected chi connectivity index (χ0v) is 20.3. The van der Waals surface area contributed by atoms with Crippen LogP contribution in [0.4, 0.5) is 11.5 Å². The fourth-order valence-corrected chi connectivity index (χ4v) is 4.23. The Labute approximate surface area is 202 Å². The number of nitrogens with one attached hydrogen (secondary N) is 1. The molecule has 0 aliphatic heterocycles. The van der Waals surface area contributed by atoms with Crippen molar-refractivity contribution in [3.8, 4) is 5.75 Å². The summed E-state index contributed by atoms with van der Waals surface area (Å²) in [5.41, 5.74) is 5.89. The number of ether oxygens (including phenoxy) is 1. The molecule has 0 saturated heterocycles. The maximum absolute atomic E-state index is 13.4. The fourth-order valence-electron chi connectivity index (χ4n) is 3.46. The third kappa shape index (κ3) is 6.32. The van der Waals surface area contributed by atoms with E-state index >= 15 is 0 Å². The molecular weight excluding hydrogens is 452 g/mol. The van der Waals surface area contributed by atoms with Crippen molar-refractivity contribution in [1.82, 2.24) is 9.55 Å². The minimum absolute atomic E-state index is 0.00227. The smallest absolute Gasteiger partial charge is 0.330 e. The molecule has 0 radical (unpaired) electrons. The third-order valence-corrected chi connectivity index (χ3v) is 6.20. The van der Waals surface area contributed by atoms with Crippen LogP contribution in [0.3, 0.4) is 0 Å². The first-order chi connectivity index (χ1) is 16.4. The maximum atomic E-state index is 13.4. The zero-order valence-electron chi connectivity index (χ0n) is 19.5. The fraction of sp³-hybridized carbons (Fsp3) is 0.320. The number of benzene rings is 2. The van der Waals surface area contributed by atoms with Gasteiger partial charge in [0.1, 0.15) is 11.6 Å². The lowest BCUT2D eigenvalue weighted by molar-refractivity contribution is -0.116. The van der Waals surface area contributed by atoms with Crippen molar-refractivity contribution in [2.24, 2.45) is 0 Å². The van der Waals surface area contributed by atoms with Crippen molar-refractivity contribution < 1.29 is 9.53 Å². The molecule has 3 rings (SSSR count). The average Bonchev–Trinajstić information content (AvgIpc) is 2.83. The number of carbonyl (C=O) groups is 1. The molecule has 2 aromatic carbocycles. The van der Waals surface area contributed by atoms with Gasteiger partial charge in [-0.3, -0.25) is 24.0 Å². The second-order valence-corrected chi connectivity index (χ2v) is 8.71. The van der Waals surface area contributed by atoms with Crippen molar-refractivity contribution in [3.63, 3.8) is 0 Å². The molecule has 0 fully saturated rings. The first-order valence-corrected chi connectivity index (χ1v) is 12.3. The molecule has 0 atom stereocenters. The highest BCUT2D eigenvalue weighted by molar-refractivity contribution is 8.00. The van der Waals surface area contributed by atoms with Gasteiger partial charge in [-0.25, -0.2) is 4.79 Å². The Morgan fingerprint density at radius 2 is 1.79 bits per heavy atom. The van der Waals surface area contributed by atoms with E-state index in [4.69, 9.17) is 10.5 Å². The Kier molecular flexibility index (Phi) is 8.98. The summed E-state index contributed by atoms with van der Waals surface area (Å²) in [4.78, 5) is 43.2. The molecule has 0 spiro atoms. The van der Waals surface area contributed by atoms with Crippen molar-refractivity contribution in [2.75, 3.05) is 23.0 Å². The van der Waals surface area contributed by atoms with Gasteiger partial charge in [0.15, 0.2) is 5.69 Å². The molecule has 3 aromatic rings. The number of hydrogen-bond acceptors (Lipinski definition) is 6. The monoisotopic (exact) mass is 482 g/mol. The number of aromatic amines is 1. The molecule has 34 heavy (non-hydrogen) atoms. The van der Waals surface area contributed by atoms with Crippen molar-refractivity contribution >= 4 is 29.2 Å². The normalized spacial score (nSPS) is 10.8. The maximum Gasteiger partial charge on any atom is 0.330 e. The number of nitrogens with zero attached hydrogens (tertiary/aromatic N) is 2. The summed E-state index contributed by atoms with van der Waals surface area (Å²) in [7, 11) is 0. The molecule has 1 heterocycles. The Hall–Kier alpha value is -3.46. The molecule has 0 aliphatic carbocycles. The lowest BCUT2D eigenvalue weighted by Gasteiger charge is -2.24. The van der Waals surface area contributed by atoms with Crippen LogP contribution >= 0.6 is 11.8 Å². The number of nitrogen functional groups attached to an aromatic ring is 1. The quantitative estimate of drug-likeness (QED) is 0.404. The van der Waals surface area contributed by atoms with E-state index in [-0.39, 0.29) is 29.7 Å². The Balaban J connectivity index is 1.92. The average molecular weight is 483 g/mol. The summed E-state index contributed by atoms with van der Waals surface area (Å²) >= 11 is 1.35. The topological polar surface area (TPSA) is 110 Å². The predicted octanol–water partition coefficient (Wildman–Crippen LogP) is 3.64. The highest BCUT2D eigenvalue weighted by Gasteiger charge is 2.24. The summed E-state index contributed by atoms with van der Waals surface area (Å²) in [5, 5.41) is 0. The number of H-pyrrole nitrogens is 1. The largest absolute Gasteiger partial charge is 0.494 e. The number of thioether (sulfide) groups is 1. The number of amides is 1. The van der Waals surface area contributed by atoms with E-state index in [1.54, 1.807) is 0 Å². The van der Waals surface area contributed by atoms with Crippen LogP contribution in [0, 0.1) is 0 Å². The molecule has 0 unspecified atom stereocenters. The second-order valence-electron chi connectivity index (χ2n) is 7.66. The zero-order chi connectivity index (χ0) is 24.5. The molecule has 180 valence electrons. The van der Waals surface area contributed by atoms with Crippen LogP contribution in [0.5, 0.6) is 5.75 Å². The molecule has 1 amide bonds. The van der Waals surface area contributed by atoms with E-state index in [0.717, 1.165) is 29.1 Å². The van der Waals surface area contributed by atoms with Crippen molar-refractivity contribution in [3.05, 3.63) is 81.0 Å². The number of hydrogen-bond donors (Lipinski definition) is 2. The summed E-state index contributed by atoms with van der Waals surface area (Å²) in [6.07, 6.45) is 1.57. The summed E-state index contributed by atoms with van der Waals surface area (Å²) in [5.74, 6) is 0.559. The first-order valence-electron chi connectivity index (χ1n) is 11.3.